The van der Waals surface area contributed by atoms with Crippen LogP contribution < -0.4 is 0 Å². The molecule has 0 fully saturated rings. The van der Waals surface area contributed by atoms with E-state index >= 15 is 0 Å². The highest BCUT2D eigenvalue weighted by Gasteiger charge is 2.47. The third-order valence-electron chi connectivity index (χ3n) is 7.30. The van der Waals surface area contributed by atoms with E-state index in [9.17, 15) is 13.2 Å². The highest BCUT2D eigenvalue weighted by atomic mass is 32.1. The second-order valence-corrected chi connectivity index (χ2v) is 14.3. The fraction of sp³-hybridized carbons (Fsp3) is 0.375. The molecule has 0 radical (unpaired) electrons. The van der Waals surface area contributed by atoms with E-state index in [1.807, 2.05) is 6.20 Å². The zero-order valence-electron chi connectivity index (χ0n) is 23.3. The van der Waals surface area contributed by atoms with Gasteiger partial charge in [-0.3, -0.25) is 4.98 Å². The molecule has 0 atom stereocenters. The molecular weight excluding hydrogens is 533 g/mol. The number of aromatic nitrogens is 2. The summed E-state index contributed by atoms with van der Waals surface area (Å²) >= 11 is 3.03. The molecule has 5 aromatic rings. The summed E-state index contributed by atoms with van der Waals surface area (Å²) in [4.78, 5) is 11.3. The molecule has 0 bridgehead atoms. The van der Waals surface area contributed by atoms with Crippen molar-refractivity contribution in [3.8, 4) is 21.0 Å². The van der Waals surface area contributed by atoms with Crippen LogP contribution in [0.15, 0.2) is 54.9 Å². The third kappa shape index (κ3) is 5.11. The van der Waals surface area contributed by atoms with Crippen LogP contribution in [0.1, 0.15) is 70.5 Å². The van der Waals surface area contributed by atoms with Crippen molar-refractivity contribution < 1.29 is 13.2 Å². The average molecular weight is 567 g/mol. The number of hydrogen-bond acceptors (Lipinski definition) is 4. The summed E-state index contributed by atoms with van der Waals surface area (Å²) in [5.41, 5.74) is 2.60. The first-order valence-electron chi connectivity index (χ1n) is 13.1. The van der Waals surface area contributed by atoms with Crippen LogP contribution in [0.25, 0.3) is 41.9 Å². The van der Waals surface area contributed by atoms with Crippen LogP contribution in [-0.4, -0.2) is 16.1 Å². The first kappa shape index (κ1) is 27.8. The molecular formula is C32H33F3N2S2. The molecule has 7 heteroatoms. The Morgan fingerprint density at radius 3 is 2.26 bits per heavy atom. The predicted octanol–water partition coefficient (Wildman–Crippen LogP) is 10.8. The summed E-state index contributed by atoms with van der Waals surface area (Å²) in [6, 6.07) is 15.0. The van der Waals surface area contributed by atoms with E-state index in [2.05, 4.69) is 82.1 Å². The Bertz CT molecular complexity index is 1670. The molecule has 0 aliphatic rings. The Balaban J connectivity index is 1.68. The molecule has 0 saturated heterocycles. The molecule has 204 valence electrons. The Labute approximate surface area is 236 Å². The number of hydrogen-bond donors (Lipinski definition) is 0. The SMILES string of the molecule is CC(C)c1c(-c2cnc(CC(C)(C)C(F)(F)F)s2)sc2c(-c3cc(C(C)(C)C)c4ccccc4c3)nccc12. The van der Waals surface area contributed by atoms with Gasteiger partial charge >= 0.3 is 6.18 Å². The Morgan fingerprint density at radius 2 is 1.59 bits per heavy atom. The molecule has 0 unspecified atom stereocenters. The summed E-state index contributed by atoms with van der Waals surface area (Å²) in [5, 5.41) is 4.07. The molecule has 0 saturated carbocycles. The van der Waals surface area contributed by atoms with Crippen molar-refractivity contribution in [1.82, 2.24) is 9.97 Å². The molecule has 0 aliphatic heterocycles. The van der Waals surface area contributed by atoms with Crippen molar-refractivity contribution >= 4 is 43.5 Å². The molecule has 0 amide bonds. The van der Waals surface area contributed by atoms with E-state index in [0.717, 1.165) is 31.1 Å². The van der Waals surface area contributed by atoms with Gasteiger partial charge in [0.2, 0.25) is 0 Å². The van der Waals surface area contributed by atoms with Gasteiger partial charge in [-0.1, -0.05) is 72.7 Å². The number of halogens is 3. The second kappa shape index (κ2) is 9.70. The van der Waals surface area contributed by atoms with Gasteiger partial charge in [0.25, 0.3) is 0 Å². The molecule has 2 aromatic carbocycles. The first-order chi connectivity index (χ1) is 18.2. The summed E-state index contributed by atoms with van der Waals surface area (Å²) in [6.07, 6.45) is -0.811. The fourth-order valence-electron chi connectivity index (χ4n) is 5.05. The summed E-state index contributed by atoms with van der Waals surface area (Å²) in [7, 11) is 0. The molecule has 3 aromatic heterocycles. The van der Waals surface area contributed by atoms with Gasteiger partial charge in [0.1, 0.15) is 0 Å². The normalized spacial score (nSPS) is 13.2. The van der Waals surface area contributed by atoms with Gasteiger partial charge in [-0.15, -0.1) is 22.7 Å². The van der Waals surface area contributed by atoms with Crippen LogP contribution in [0.5, 0.6) is 0 Å². The van der Waals surface area contributed by atoms with Crippen LogP contribution in [-0.2, 0) is 11.8 Å². The number of rotatable bonds is 5. The number of nitrogens with zero attached hydrogens (tertiary/aromatic N) is 2. The summed E-state index contributed by atoms with van der Waals surface area (Å²) in [6.45, 7) is 13.5. The van der Waals surface area contributed by atoms with Gasteiger partial charge < -0.3 is 0 Å². The van der Waals surface area contributed by atoms with Gasteiger partial charge in [0, 0.05) is 29.8 Å². The zero-order chi connectivity index (χ0) is 28.3. The molecule has 2 nitrogen and oxygen atoms in total. The Hall–Kier alpha value is -2.77. The van der Waals surface area contributed by atoms with Gasteiger partial charge in [0.05, 0.1) is 30.6 Å². The minimum atomic E-state index is -4.29. The summed E-state index contributed by atoms with van der Waals surface area (Å²) in [5.74, 6) is 0.225. The van der Waals surface area contributed by atoms with E-state index in [1.165, 1.54) is 47.1 Å². The smallest absolute Gasteiger partial charge is 0.255 e. The van der Waals surface area contributed by atoms with Crippen molar-refractivity contribution in [2.75, 3.05) is 0 Å². The number of thiazole rings is 1. The van der Waals surface area contributed by atoms with E-state index in [0.29, 0.717) is 5.01 Å². The van der Waals surface area contributed by atoms with Crippen LogP contribution in [0.2, 0.25) is 0 Å². The summed E-state index contributed by atoms with van der Waals surface area (Å²) < 4.78 is 41.7. The highest BCUT2D eigenvalue weighted by molar-refractivity contribution is 7.26. The van der Waals surface area contributed by atoms with Crippen molar-refractivity contribution in [1.29, 1.82) is 0 Å². The van der Waals surface area contributed by atoms with Gasteiger partial charge in [-0.25, -0.2) is 4.98 Å². The lowest BCUT2D eigenvalue weighted by Gasteiger charge is -2.26. The Morgan fingerprint density at radius 1 is 0.872 bits per heavy atom. The molecule has 39 heavy (non-hydrogen) atoms. The molecule has 3 heterocycles. The quantitative estimate of drug-likeness (QED) is 0.211. The lowest BCUT2D eigenvalue weighted by Crippen LogP contribution is -2.34. The lowest BCUT2D eigenvalue weighted by atomic mass is 9.82. The molecule has 0 aliphatic carbocycles. The fourth-order valence-corrected chi connectivity index (χ4v) is 7.77. The van der Waals surface area contributed by atoms with Gasteiger partial charge in [0.15, 0.2) is 0 Å². The minimum Gasteiger partial charge on any atom is -0.255 e. The maximum atomic E-state index is 13.5. The number of alkyl halides is 3. The van der Waals surface area contributed by atoms with Crippen molar-refractivity contribution in [3.05, 3.63) is 71.0 Å². The molecule has 0 N–H and O–H groups in total. The number of benzene rings is 2. The Kier molecular flexibility index (Phi) is 6.91. The van der Waals surface area contributed by atoms with E-state index in [1.54, 1.807) is 17.5 Å². The van der Waals surface area contributed by atoms with E-state index in [-0.39, 0.29) is 17.8 Å². The topological polar surface area (TPSA) is 25.8 Å². The van der Waals surface area contributed by atoms with Crippen molar-refractivity contribution in [3.63, 3.8) is 0 Å². The van der Waals surface area contributed by atoms with Gasteiger partial charge in [-0.05, 0) is 51.4 Å². The number of fused-ring (bicyclic) bond motifs is 2. The van der Waals surface area contributed by atoms with Gasteiger partial charge in [-0.2, -0.15) is 13.2 Å². The van der Waals surface area contributed by atoms with Crippen LogP contribution >= 0.6 is 22.7 Å². The molecule has 5 rings (SSSR count). The minimum absolute atomic E-state index is 0.0452. The van der Waals surface area contributed by atoms with E-state index in [4.69, 9.17) is 4.98 Å². The largest absolute Gasteiger partial charge is 0.394 e. The second-order valence-electron chi connectivity index (χ2n) is 12.2. The molecule has 0 spiro atoms. The van der Waals surface area contributed by atoms with E-state index < -0.39 is 11.6 Å². The van der Waals surface area contributed by atoms with Crippen LogP contribution in [0.4, 0.5) is 13.2 Å². The number of pyridine rings is 1. The predicted molar refractivity (Wildman–Crippen MR) is 160 cm³/mol. The zero-order valence-corrected chi connectivity index (χ0v) is 25.0. The van der Waals surface area contributed by atoms with Crippen molar-refractivity contribution in [2.24, 2.45) is 5.41 Å². The average Bonchev–Trinajstić information content (AvgIpc) is 3.46. The first-order valence-corrected chi connectivity index (χ1v) is 14.8. The van der Waals surface area contributed by atoms with Crippen LogP contribution in [0, 0.1) is 5.41 Å². The monoisotopic (exact) mass is 566 g/mol. The number of thiophene rings is 1. The third-order valence-corrected chi connectivity index (χ3v) is 9.71. The highest BCUT2D eigenvalue weighted by Crippen LogP contribution is 2.48. The maximum Gasteiger partial charge on any atom is 0.394 e. The maximum absolute atomic E-state index is 13.5. The van der Waals surface area contributed by atoms with Crippen molar-refractivity contribution in [2.45, 2.75) is 72.4 Å². The lowest BCUT2D eigenvalue weighted by molar-refractivity contribution is -0.211. The van der Waals surface area contributed by atoms with Crippen LogP contribution in [0.3, 0.4) is 0 Å². The standard InChI is InChI=1S/C32H33F3N2S2/c1-18(2)26-22-12-13-36-27(20-14-19-10-8-9-11-21(19)23(15-20)30(3,4)5)28(22)39-29(26)24-17-37-25(38-24)16-31(6,7)32(33,34)35/h8-15,17-18H,16H2,1-7H3.